The lowest BCUT2D eigenvalue weighted by molar-refractivity contribution is -0.143. The molecule has 0 radical (unpaired) electrons. The molecule has 0 heterocycles. The van der Waals surface area contributed by atoms with Crippen molar-refractivity contribution in [2.45, 2.75) is 37.9 Å². The summed E-state index contributed by atoms with van der Waals surface area (Å²) >= 11 is 0. The highest BCUT2D eigenvalue weighted by molar-refractivity contribution is 5.92. The Hall–Kier alpha value is -2.73. The number of aliphatic hydroxyl groups excluding tert-OH is 1. The molecule has 0 saturated carbocycles. The van der Waals surface area contributed by atoms with E-state index in [0.29, 0.717) is 0 Å². The van der Waals surface area contributed by atoms with Crippen LogP contribution in [0, 0.1) is 0 Å². The van der Waals surface area contributed by atoms with E-state index in [-0.39, 0.29) is 6.42 Å². The summed E-state index contributed by atoms with van der Waals surface area (Å²) in [5.41, 5.74) is 5.29. The molecule has 142 valence electrons. The molecule has 0 rings (SSSR count). The van der Waals surface area contributed by atoms with Gasteiger partial charge < -0.3 is 37.0 Å². The maximum absolute atomic E-state index is 11.9. The van der Waals surface area contributed by atoms with Crippen molar-refractivity contribution in [3.05, 3.63) is 0 Å². The Morgan fingerprint density at radius 2 is 1.60 bits per heavy atom. The van der Waals surface area contributed by atoms with Crippen LogP contribution in [0.2, 0.25) is 0 Å². The number of hydrogen-bond donors (Lipinski definition) is 7. The first-order chi connectivity index (χ1) is 11.6. The minimum absolute atomic E-state index is 0.368. The summed E-state index contributed by atoms with van der Waals surface area (Å²) in [5, 5.41) is 33.0. The van der Waals surface area contributed by atoms with Crippen LogP contribution in [0.1, 0.15) is 19.8 Å². The summed E-state index contributed by atoms with van der Waals surface area (Å²) in [6.07, 6.45) is -0.857. The molecule has 0 aromatic carbocycles. The van der Waals surface area contributed by atoms with Crippen molar-refractivity contribution in [3.8, 4) is 0 Å². The van der Waals surface area contributed by atoms with E-state index in [2.05, 4.69) is 10.6 Å². The van der Waals surface area contributed by atoms with Gasteiger partial charge in [-0.1, -0.05) is 0 Å². The zero-order valence-corrected chi connectivity index (χ0v) is 13.5. The Morgan fingerprint density at radius 3 is 2.04 bits per heavy atom. The quantitative estimate of drug-likeness (QED) is 0.193. The van der Waals surface area contributed by atoms with Gasteiger partial charge in [0.1, 0.15) is 12.1 Å². The number of nitrogens with one attached hydrogen (secondary N) is 3. The minimum Gasteiger partial charge on any atom is -0.481 e. The molecule has 0 spiro atoms. The highest BCUT2D eigenvalue weighted by Crippen LogP contribution is 1.99. The molecule has 0 saturated heterocycles. The zero-order valence-electron chi connectivity index (χ0n) is 13.5. The van der Waals surface area contributed by atoms with Crippen LogP contribution in [-0.2, 0) is 24.0 Å². The number of rotatable bonds is 11. The number of amides is 3. The van der Waals surface area contributed by atoms with E-state index in [1.54, 1.807) is 0 Å². The van der Waals surface area contributed by atoms with Crippen molar-refractivity contribution in [1.82, 2.24) is 16.0 Å². The van der Waals surface area contributed by atoms with Gasteiger partial charge in [-0.25, -0.2) is 4.79 Å². The topological polar surface area (TPSA) is 208 Å². The molecule has 0 aliphatic carbocycles. The van der Waals surface area contributed by atoms with Gasteiger partial charge in [0.25, 0.3) is 0 Å². The second-order valence-electron chi connectivity index (χ2n) is 5.14. The summed E-state index contributed by atoms with van der Waals surface area (Å²) in [6, 6.07) is -3.80. The SMILES string of the molecule is C[C@H](N)C(=O)NCC(=O)N[C@@H](CO)C(=O)N[C@@H](CCC(=O)O)C(=O)O. The third kappa shape index (κ3) is 9.22. The van der Waals surface area contributed by atoms with Crippen molar-refractivity contribution >= 4 is 29.7 Å². The van der Waals surface area contributed by atoms with Crippen molar-refractivity contribution < 1.29 is 39.3 Å². The van der Waals surface area contributed by atoms with Gasteiger partial charge in [-0.15, -0.1) is 0 Å². The Bertz CT molecular complexity index is 522. The molecule has 0 fully saturated rings. The number of hydrogen-bond acceptors (Lipinski definition) is 7. The number of carbonyl (C=O) groups excluding carboxylic acids is 3. The Kier molecular flexibility index (Phi) is 9.74. The van der Waals surface area contributed by atoms with Crippen molar-refractivity contribution in [2.24, 2.45) is 5.73 Å². The summed E-state index contributed by atoms with van der Waals surface area (Å²) in [7, 11) is 0. The molecule has 0 bridgehead atoms. The zero-order chi connectivity index (χ0) is 19.6. The smallest absolute Gasteiger partial charge is 0.326 e. The van der Waals surface area contributed by atoms with Crippen LogP contribution in [0.25, 0.3) is 0 Å². The predicted octanol–water partition coefficient (Wildman–Crippen LogP) is -3.64. The van der Waals surface area contributed by atoms with Gasteiger partial charge in [0, 0.05) is 6.42 Å². The second-order valence-corrected chi connectivity index (χ2v) is 5.14. The van der Waals surface area contributed by atoms with Gasteiger partial charge in [-0.05, 0) is 13.3 Å². The molecule has 0 aromatic rings. The highest BCUT2D eigenvalue weighted by Gasteiger charge is 2.26. The predicted molar refractivity (Wildman–Crippen MR) is 82.1 cm³/mol. The lowest BCUT2D eigenvalue weighted by Crippen LogP contribution is -2.55. The van der Waals surface area contributed by atoms with Crippen LogP contribution in [0.4, 0.5) is 0 Å². The number of carboxylic acids is 2. The molecule has 0 aromatic heterocycles. The lowest BCUT2D eigenvalue weighted by Gasteiger charge is -2.20. The van der Waals surface area contributed by atoms with Gasteiger partial charge in [0.15, 0.2) is 0 Å². The largest absolute Gasteiger partial charge is 0.481 e. The highest BCUT2D eigenvalue weighted by atomic mass is 16.4. The molecule has 25 heavy (non-hydrogen) atoms. The maximum atomic E-state index is 11.9. The first-order valence-corrected chi connectivity index (χ1v) is 7.27. The van der Waals surface area contributed by atoms with Crippen LogP contribution in [0.5, 0.6) is 0 Å². The van der Waals surface area contributed by atoms with E-state index in [1.165, 1.54) is 6.92 Å². The van der Waals surface area contributed by atoms with E-state index in [9.17, 15) is 24.0 Å². The number of carbonyl (C=O) groups is 5. The molecule has 3 atom stereocenters. The van der Waals surface area contributed by atoms with Crippen molar-refractivity contribution in [1.29, 1.82) is 0 Å². The second kappa shape index (κ2) is 10.9. The number of carboxylic acid groups (broad SMARTS) is 2. The number of nitrogens with two attached hydrogens (primary N) is 1. The molecular weight excluding hydrogens is 340 g/mol. The van der Waals surface area contributed by atoms with Crippen LogP contribution in [0.3, 0.4) is 0 Å². The molecule has 0 unspecified atom stereocenters. The van der Waals surface area contributed by atoms with E-state index >= 15 is 0 Å². The number of aliphatic hydroxyl groups is 1. The van der Waals surface area contributed by atoms with E-state index in [0.717, 1.165) is 0 Å². The Morgan fingerprint density at radius 1 is 1.00 bits per heavy atom. The fourth-order valence-electron chi connectivity index (χ4n) is 1.57. The van der Waals surface area contributed by atoms with E-state index in [1.807, 2.05) is 5.32 Å². The molecule has 3 amide bonds. The first-order valence-electron chi connectivity index (χ1n) is 7.27. The van der Waals surface area contributed by atoms with Gasteiger partial charge in [-0.3, -0.25) is 19.2 Å². The summed E-state index contributed by atoms with van der Waals surface area (Å²) in [5.74, 6) is -5.10. The molecular formula is C13H22N4O8. The van der Waals surface area contributed by atoms with Crippen LogP contribution in [0.15, 0.2) is 0 Å². The minimum atomic E-state index is -1.49. The normalized spacial score (nSPS) is 13.9. The average Bonchev–Trinajstić information content (AvgIpc) is 2.53. The maximum Gasteiger partial charge on any atom is 0.326 e. The third-order valence-electron chi connectivity index (χ3n) is 2.93. The molecule has 8 N–H and O–H groups in total. The average molecular weight is 362 g/mol. The Labute approximate surface area is 142 Å². The van der Waals surface area contributed by atoms with Gasteiger partial charge >= 0.3 is 11.9 Å². The molecule has 0 aliphatic rings. The number of aliphatic carboxylic acids is 2. The first kappa shape index (κ1) is 22.3. The van der Waals surface area contributed by atoms with E-state index < -0.39 is 67.4 Å². The van der Waals surface area contributed by atoms with Gasteiger partial charge in [-0.2, -0.15) is 0 Å². The third-order valence-corrected chi connectivity index (χ3v) is 2.93. The molecule has 0 aliphatic heterocycles. The summed E-state index contributed by atoms with van der Waals surface area (Å²) in [4.78, 5) is 56.2. The van der Waals surface area contributed by atoms with Gasteiger partial charge in [0.05, 0.1) is 19.2 Å². The van der Waals surface area contributed by atoms with Crippen LogP contribution < -0.4 is 21.7 Å². The lowest BCUT2D eigenvalue weighted by atomic mass is 10.1. The van der Waals surface area contributed by atoms with Crippen LogP contribution >= 0.6 is 0 Å². The van der Waals surface area contributed by atoms with Crippen molar-refractivity contribution in [2.75, 3.05) is 13.2 Å². The standard InChI is InChI=1S/C13H22N4O8/c1-6(14)11(22)15-4-9(19)16-8(5-18)12(23)17-7(13(24)25)2-3-10(20)21/h6-8,18H,2-5,14H2,1H3,(H,15,22)(H,16,19)(H,17,23)(H,20,21)(H,24,25)/t6-,7-,8-/m0/s1. The van der Waals surface area contributed by atoms with Crippen molar-refractivity contribution in [3.63, 3.8) is 0 Å². The van der Waals surface area contributed by atoms with E-state index in [4.69, 9.17) is 21.1 Å². The summed E-state index contributed by atoms with van der Waals surface area (Å²) < 4.78 is 0. The molecule has 12 heteroatoms. The molecule has 12 nitrogen and oxygen atoms in total. The summed E-state index contributed by atoms with van der Waals surface area (Å²) in [6.45, 7) is 0.0794. The fourth-order valence-corrected chi connectivity index (χ4v) is 1.57. The van der Waals surface area contributed by atoms with Crippen LogP contribution in [-0.4, -0.2) is 76.3 Å². The Balaban J connectivity index is 4.62. The van der Waals surface area contributed by atoms with Gasteiger partial charge in [0.2, 0.25) is 17.7 Å². The fraction of sp³-hybridized carbons (Fsp3) is 0.615. The monoisotopic (exact) mass is 362 g/mol.